The van der Waals surface area contributed by atoms with Crippen LogP contribution < -0.4 is 5.73 Å². The van der Waals surface area contributed by atoms with Gasteiger partial charge in [-0.3, -0.25) is 4.79 Å². The Morgan fingerprint density at radius 3 is 2.56 bits per heavy atom. The Labute approximate surface area is 107 Å². The van der Waals surface area contributed by atoms with Gasteiger partial charge in [0.2, 0.25) is 0 Å². The Hall–Kier alpha value is -2.09. The Balaban J connectivity index is 2.44. The molecule has 0 radical (unpaired) electrons. The summed E-state index contributed by atoms with van der Waals surface area (Å²) in [6.45, 7) is 3.97. The van der Waals surface area contributed by atoms with Gasteiger partial charge in [0.25, 0.3) is 0 Å². The van der Waals surface area contributed by atoms with Crippen molar-refractivity contribution < 1.29 is 4.79 Å². The van der Waals surface area contributed by atoms with E-state index in [-0.39, 0.29) is 5.78 Å². The van der Waals surface area contributed by atoms with E-state index < -0.39 is 0 Å². The third-order valence-corrected chi connectivity index (χ3v) is 3.17. The molecule has 2 nitrogen and oxygen atoms in total. The molecule has 2 heteroatoms. The molecule has 2 N–H and O–H groups in total. The number of anilines is 1. The van der Waals surface area contributed by atoms with Gasteiger partial charge >= 0.3 is 0 Å². The van der Waals surface area contributed by atoms with Gasteiger partial charge in [-0.2, -0.15) is 0 Å². The second kappa shape index (κ2) is 5.05. The van der Waals surface area contributed by atoms with Crippen molar-refractivity contribution in [1.82, 2.24) is 0 Å². The zero-order valence-electron chi connectivity index (χ0n) is 10.7. The minimum Gasteiger partial charge on any atom is -0.399 e. The molecule has 0 fully saturated rings. The van der Waals surface area contributed by atoms with Crippen LogP contribution in [-0.4, -0.2) is 5.78 Å². The molecule has 0 spiro atoms. The average molecular weight is 239 g/mol. The molecule has 0 atom stereocenters. The summed E-state index contributed by atoms with van der Waals surface area (Å²) in [5.41, 5.74) is 9.99. The number of benzene rings is 2. The number of hydrogen-bond acceptors (Lipinski definition) is 2. The van der Waals surface area contributed by atoms with Crippen LogP contribution in [0.2, 0.25) is 0 Å². The van der Waals surface area contributed by atoms with Gasteiger partial charge in [-0.1, -0.05) is 31.2 Å². The van der Waals surface area contributed by atoms with E-state index in [2.05, 4.69) is 6.92 Å². The fraction of sp³-hybridized carbons (Fsp3) is 0.188. The van der Waals surface area contributed by atoms with Gasteiger partial charge in [-0.15, -0.1) is 0 Å². The van der Waals surface area contributed by atoms with Crippen LogP contribution in [0.15, 0.2) is 42.5 Å². The number of ketones is 1. The first-order valence-electron chi connectivity index (χ1n) is 6.12. The Bertz CT molecular complexity index is 587. The molecule has 92 valence electrons. The van der Waals surface area contributed by atoms with Crippen molar-refractivity contribution >= 4 is 11.5 Å². The lowest BCUT2D eigenvalue weighted by Gasteiger charge is -2.08. The highest BCUT2D eigenvalue weighted by molar-refractivity contribution is 6.10. The van der Waals surface area contributed by atoms with E-state index in [1.54, 1.807) is 12.1 Å². The zero-order chi connectivity index (χ0) is 13.1. The van der Waals surface area contributed by atoms with Gasteiger partial charge in [0.15, 0.2) is 5.78 Å². The highest BCUT2D eigenvalue weighted by Gasteiger charge is 2.12. The molecule has 0 aliphatic heterocycles. The first-order chi connectivity index (χ1) is 8.63. The molecule has 2 aromatic carbocycles. The van der Waals surface area contributed by atoms with Gasteiger partial charge in [-0.25, -0.2) is 0 Å². The number of nitrogens with two attached hydrogens (primary N) is 1. The molecule has 0 saturated heterocycles. The van der Waals surface area contributed by atoms with Gasteiger partial charge in [0.1, 0.15) is 0 Å². The second-order valence-corrected chi connectivity index (χ2v) is 4.41. The molecule has 0 aliphatic rings. The lowest BCUT2D eigenvalue weighted by atomic mass is 9.96. The number of carbonyl (C=O) groups excluding carboxylic acids is 1. The minimum absolute atomic E-state index is 0.0653. The van der Waals surface area contributed by atoms with Crippen LogP contribution in [-0.2, 0) is 6.42 Å². The molecule has 0 bridgehead atoms. The summed E-state index contributed by atoms with van der Waals surface area (Å²) >= 11 is 0. The molecule has 2 aromatic rings. The first kappa shape index (κ1) is 12.4. The van der Waals surface area contributed by atoms with E-state index >= 15 is 0 Å². The van der Waals surface area contributed by atoms with Crippen LogP contribution in [0.3, 0.4) is 0 Å². The summed E-state index contributed by atoms with van der Waals surface area (Å²) in [6.07, 6.45) is 0.857. The summed E-state index contributed by atoms with van der Waals surface area (Å²) < 4.78 is 0. The van der Waals surface area contributed by atoms with Gasteiger partial charge in [0, 0.05) is 16.8 Å². The summed E-state index contributed by atoms with van der Waals surface area (Å²) in [5.74, 6) is 0.0653. The van der Waals surface area contributed by atoms with E-state index in [1.165, 1.54) is 0 Å². The normalized spacial score (nSPS) is 10.3. The topological polar surface area (TPSA) is 43.1 Å². The number of carbonyl (C=O) groups is 1. The van der Waals surface area contributed by atoms with E-state index in [0.717, 1.165) is 28.8 Å². The fourth-order valence-corrected chi connectivity index (χ4v) is 2.02. The van der Waals surface area contributed by atoms with Crippen LogP contribution in [0.25, 0.3) is 0 Å². The maximum Gasteiger partial charge on any atom is 0.193 e. The Morgan fingerprint density at radius 2 is 1.89 bits per heavy atom. The zero-order valence-corrected chi connectivity index (χ0v) is 10.7. The predicted molar refractivity (Wildman–Crippen MR) is 74.8 cm³/mol. The standard InChI is InChI=1S/C16H17NO/c1-3-12-6-4-5-7-14(12)16(18)13-8-9-15(17)11(2)10-13/h4-10H,3,17H2,1-2H3. The van der Waals surface area contributed by atoms with Crippen molar-refractivity contribution in [1.29, 1.82) is 0 Å². The van der Waals surface area contributed by atoms with Gasteiger partial charge in [-0.05, 0) is 42.7 Å². The molecule has 0 saturated carbocycles. The smallest absolute Gasteiger partial charge is 0.193 e. The maximum atomic E-state index is 12.4. The Kier molecular flexibility index (Phi) is 3.47. The summed E-state index contributed by atoms with van der Waals surface area (Å²) in [7, 11) is 0. The molecule has 0 amide bonds. The Morgan fingerprint density at radius 1 is 1.17 bits per heavy atom. The molecule has 2 rings (SSSR count). The number of rotatable bonds is 3. The highest BCUT2D eigenvalue weighted by atomic mass is 16.1. The minimum atomic E-state index is 0.0653. The molecule has 18 heavy (non-hydrogen) atoms. The third kappa shape index (κ3) is 2.28. The van der Waals surface area contributed by atoms with Gasteiger partial charge < -0.3 is 5.73 Å². The van der Waals surface area contributed by atoms with Crippen LogP contribution in [0.4, 0.5) is 5.69 Å². The van der Waals surface area contributed by atoms with Crippen LogP contribution in [0.1, 0.15) is 34.0 Å². The second-order valence-electron chi connectivity index (χ2n) is 4.41. The van der Waals surface area contributed by atoms with Crippen LogP contribution >= 0.6 is 0 Å². The molecule has 0 heterocycles. The van der Waals surface area contributed by atoms with E-state index in [0.29, 0.717) is 5.56 Å². The van der Waals surface area contributed by atoms with Gasteiger partial charge in [0.05, 0.1) is 0 Å². The highest BCUT2D eigenvalue weighted by Crippen LogP contribution is 2.18. The lowest BCUT2D eigenvalue weighted by molar-refractivity contribution is 0.103. The lowest BCUT2D eigenvalue weighted by Crippen LogP contribution is -2.05. The average Bonchev–Trinajstić information content (AvgIpc) is 2.41. The maximum absolute atomic E-state index is 12.4. The summed E-state index contributed by atoms with van der Waals surface area (Å²) in [4.78, 5) is 12.4. The quantitative estimate of drug-likeness (QED) is 0.659. The van der Waals surface area contributed by atoms with Crippen molar-refractivity contribution in [3.05, 3.63) is 64.7 Å². The molecule has 0 aromatic heterocycles. The van der Waals surface area contributed by atoms with E-state index in [1.807, 2.05) is 37.3 Å². The molecular formula is C16H17NO. The SMILES string of the molecule is CCc1ccccc1C(=O)c1ccc(N)c(C)c1. The monoisotopic (exact) mass is 239 g/mol. The number of hydrogen-bond donors (Lipinski definition) is 1. The summed E-state index contributed by atoms with van der Waals surface area (Å²) in [6, 6.07) is 13.2. The number of aryl methyl sites for hydroxylation is 2. The van der Waals surface area contributed by atoms with Crippen molar-refractivity contribution in [3.8, 4) is 0 Å². The van der Waals surface area contributed by atoms with Crippen LogP contribution in [0, 0.1) is 6.92 Å². The molecular weight excluding hydrogens is 222 g/mol. The fourth-order valence-electron chi connectivity index (χ4n) is 2.02. The predicted octanol–water partition coefficient (Wildman–Crippen LogP) is 3.37. The van der Waals surface area contributed by atoms with Crippen molar-refractivity contribution in [2.75, 3.05) is 5.73 Å². The van der Waals surface area contributed by atoms with Crippen molar-refractivity contribution in [2.45, 2.75) is 20.3 Å². The largest absolute Gasteiger partial charge is 0.399 e. The van der Waals surface area contributed by atoms with Crippen molar-refractivity contribution in [2.24, 2.45) is 0 Å². The van der Waals surface area contributed by atoms with E-state index in [9.17, 15) is 4.79 Å². The first-order valence-corrected chi connectivity index (χ1v) is 6.12. The molecule has 0 unspecified atom stereocenters. The van der Waals surface area contributed by atoms with E-state index in [4.69, 9.17) is 5.73 Å². The summed E-state index contributed by atoms with van der Waals surface area (Å²) in [5, 5.41) is 0. The van der Waals surface area contributed by atoms with Crippen molar-refractivity contribution in [3.63, 3.8) is 0 Å². The number of nitrogen functional groups attached to an aromatic ring is 1. The van der Waals surface area contributed by atoms with Crippen LogP contribution in [0.5, 0.6) is 0 Å². The third-order valence-electron chi connectivity index (χ3n) is 3.17. The molecule has 0 aliphatic carbocycles.